The number of rotatable bonds is 9. The molecule has 0 spiro atoms. The maximum absolute atomic E-state index is 13.6. The van der Waals surface area contributed by atoms with E-state index >= 15 is 0 Å². The minimum Gasteiger partial charge on any atom is -0.353 e. The van der Waals surface area contributed by atoms with E-state index in [-0.39, 0.29) is 29.3 Å². The molecule has 0 radical (unpaired) electrons. The second kappa shape index (κ2) is 11.0. The maximum Gasteiger partial charge on any atom is 0.243 e. The number of amides is 1. The minimum absolute atomic E-state index is 0.125. The van der Waals surface area contributed by atoms with Crippen LogP contribution >= 0.6 is 15.9 Å². The third kappa shape index (κ3) is 6.23. The molecule has 0 atom stereocenters. The average Bonchev–Trinajstić information content (AvgIpc) is 3.16. The van der Waals surface area contributed by atoms with Crippen molar-refractivity contribution in [2.45, 2.75) is 63.4 Å². The summed E-state index contributed by atoms with van der Waals surface area (Å²) in [5.41, 5.74) is 1.03. The second-order valence-electron chi connectivity index (χ2n) is 9.07. The standard InChI is InChI=1S/C24H34BrN3O3S/c1-19(2)16-27(17-22-10-7-15-26(22)3)24(29)18-28(21-8-5-4-6-9-21)32(30,31)23-13-11-20(25)12-14-23/h7,10-15,19,21H,4-6,8-9,16-18H2,1-3H3. The largest absolute Gasteiger partial charge is 0.353 e. The number of carbonyl (C=O) groups excluding carboxylic acids is 1. The lowest BCUT2D eigenvalue weighted by Gasteiger charge is -2.35. The van der Waals surface area contributed by atoms with Crippen molar-refractivity contribution in [3.8, 4) is 0 Å². The lowest BCUT2D eigenvalue weighted by atomic mass is 9.95. The zero-order valence-corrected chi connectivity index (χ0v) is 21.6. The van der Waals surface area contributed by atoms with Crippen molar-refractivity contribution < 1.29 is 13.2 Å². The molecule has 1 heterocycles. The second-order valence-corrected chi connectivity index (χ2v) is 11.9. The van der Waals surface area contributed by atoms with E-state index in [0.29, 0.717) is 13.1 Å². The van der Waals surface area contributed by atoms with Crippen LogP contribution in [0.4, 0.5) is 0 Å². The molecule has 1 aliphatic carbocycles. The molecule has 0 saturated heterocycles. The predicted molar refractivity (Wildman–Crippen MR) is 131 cm³/mol. The van der Waals surface area contributed by atoms with E-state index in [1.807, 2.05) is 29.9 Å². The number of benzene rings is 1. The molecule has 0 aliphatic heterocycles. The Bertz CT molecular complexity index is 996. The molecule has 8 heteroatoms. The summed E-state index contributed by atoms with van der Waals surface area (Å²) in [4.78, 5) is 15.5. The quantitative estimate of drug-likeness (QED) is 0.474. The van der Waals surface area contributed by atoms with Crippen molar-refractivity contribution in [1.29, 1.82) is 0 Å². The Morgan fingerprint density at radius 1 is 1.12 bits per heavy atom. The summed E-state index contributed by atoms with van der Waals surface area (Å²) in [5, 5.41) is 0. The molecule has 0 N–H and O–H groups in total. The van der Waals surface area contributed by atoms with Crippen molar-refractivity contribution in [3.05, 3.63) is 52.8 Å². The van der Waals surface area contributed by atoms with Gasteiger partial charge in [0.05, 0.1) is 18.0 Å². The van der Waals surface area contributed by atoms with Gasteiger partial charge in [0.25, 0.3) is 0 Å². The Labute approximate surface area is 200 Å². The molecule has 1 aromatic heterocycles. The van der Waals surface area contributed by atoms with Gasteiger partial charge in [-0.1, -0.05) is 49.0 Å². The number of hydrogen-bond acceptors (Lipinski definition) is 3. The fourth-order valence-corrected chi connectivity index (χ4v) is 6.21. The Kier molecular flexibility index (Phi) is 8.58. The van der Waals surface area contributed by atoms with Crippen LogP contribution in [-0.4, -0.2) is 47.2 Å². The highest BCUT2D eigenvalue weighted by Crippen LogP contribution is 2.28. The number of sulfonamides is 1. The van der Waals surface area contributed by atoms with Crippen LogP contribution in [-0.2, 0) is 28.4 Å². The van der Waals surface area contributed by atoms with Crippen LogP contribution in [0, 0.1) is 5.92 Å². The number of nitrogens with zero attached hydrogens (tertiary/aromatic N) is 3. The highest BCUT2D eigenvalue weighted by atomic mass is 79.9. The van der Waals surface area contributed by atoms with Crippen molar-refractivity contribution in [3.63, 3.8) is 0 Å². The van der Waals surface area contributed by atoms with Crippen molar-refractivity contribution in [1.82, 2.24) is 13.8 Å². The fourth-order valence-electron chi connectivity index (χ4n) is 4.31. The summed E-state index contributed by atoms with van der Waals surface area (Å²) in [6, 6.07) is 10.5. The van der Waals surface area contributed by atoms with Gasteiger partial charge in [0, 0.05) is 36.0 Å². The first-order chi connectivity index (χ1) is 15.2. The summed E-state index contributed by atoms with van der Waals surface area (Å²) >= 11 is 3.37. The molecule has 1 aliphatic rings. The number of hydrogen-bond donors (Lipinski definition) is 0. The number of aromatic nitrogens is 1. The summed E-state index contributed by atoms with van der Waals surface area (Å²) in [6.45, 7) is 5.07. The molecule has 1 fully saturated rings. The highest BCUT2D eigenvalue weighted by molar-refractivity contribution is 9.10. The van der Waals surface area contributed by atoms with E-state index in [9.17, 15) is 13.2 Å². The lowest BCUT2D eigenvalue weighted by Crippen LogP contribution is -2.48. The monoisotopic (exact) mass is 523 g/mol. The van der Waals surface area contributed by atoms with Crippen LogP contribution in [0.5, 0.6) is 0 Å². The van der Waals surface area contributed by atoms with Gasteiger partial charge in [-0.05, 0) is 55.2 Å². The molecular weight excluding hydrogens is 490 g/mol. The van der Waals surface area contributed by atoms with Gasteiger partial charge in [0.1, 0.15) is 0 Å². The Morgan fingerprint density at radius 2 is 1.78 bits per heavy atom. The number of carbonyl (C=O) groups is 1. The lowest BCUT2D eigenvalue weighted by molar-refractivity contribution is -0.133. The molecular formula is C24H34BrN3O3S. The van der Waals surface area contributed by atoms with Crippen LogP contribution in [0.15, 0.2) is 52.0 Å². The summed E-state index contributed by atoms with van der Waals surface area (Å²) in [7, 11) is -1.83. The van der Waals surface area contributed by atoms with Crippen LogP contribution in [0.1, 0.15) is 51.6 Å². The molecule has 1 aromatic carbocycles. The minimum atomic E-state index is -3.78. The van der Waals surface area contributed by atoms with Gasteiger partial charge < -0.3 is 9.47 Å². The van der Waals surface area contributed by atoms with E-state index < -0.39 is 10.0 Å². The van der Waals surface area contributed by atoms with Crippen molar-refractivity contribution in [2.24, 2.45) is 13.0 Å². The first-order valence-corrected chi connectivity index (χ1v) is 13.6. The predicted octanol–water partition coefficient (Wildman–Crippen LogP) is 4.80. The van der Waals surface area contributed by atoms with Gasteiger partial charge in [-0.2, -0.15) is 4.31 Å². The number of aryl methyl sites for hydroxylation is 1. The first-order valence-electron chi connectivity index (χ1n) is 11.3. The summed E-state index contributed by atoms with van der Waals surface area (Å²) in [5.74, 6) is 0.136. The summed E-state index contributed by atoms with van der Waals surface area (Å²) in [6.07, 6.45) is 6.65. The van der Waals surface area contributed by atoms with Gasteiger partial charge in [-0.25, -0.2) is 8.42 Å². The van der Waals surface area contributed by atoms with Crippen LogP contribution in [0.2, 0.25) is 0 Å². The van der Waals surface area contributed by atoms with E-state index in [1.54, 1.807) is 29.2 Å². The maximum atomic E-state index is 13.6. The van der Waals surface area contributed by atoms with Crippen LogP contribution in [0.25, 0.3) is 0 Å². The average molecular weight is 525 g/mol. The molecule has 32 heavy (non-hydrogen) atoms. The summed E-state index contributed by atoms with van der Waals surface area (Å²) < 4.78 is 31.5. The van der Waals surface area contributed by atoms with E-state index in [2.05, 4.69) is 29.8 Å². The van der Waals surface area contributed by atoms with E-state index in [1.165, 1.54) is 4.31 Å². The van der Waals surface area contributed by atoms with E-state index in [0.717, 1.165) is 42.3 Å². The smallest absolute Gasteiger partial charge is 0.243 e. The molecule has 0 bridgehead atoms. The molecule has 1 amide bonds. The van der Waals surface area contributed by atoms with Crippen molar-refractivity contribution in [2.75, 3.05) is 13.1 Å². The fraction of sp³-hybridized carbons (Fsp3) is 0.542. The Balaban J connectivity index is 1.88. The third-order valence-corrected chi connectivity index (χ3v) is 8.48. The molecule has 1 saturated carbocycles. The Morgan fingerprint density at radius 3 is 2.34 bits per heavy atom. The van der Waals surface area contributed by atoms with Crippen LogP contribution < -0.4 is 0 Å². The van der Waals surface area contributed by atoms with Gasteiger partial charge in [-0.3, -0.25) is 4.79 Å². The van der Waals surface area contributed by atoms with Gasteiger partial charge in [0.2, 0.25) is 15.9 Å². The molecule has 6 nitrogen and oxygen atoms in total. The van der Waals surface area contributed by atoms with Gasteiger partial charge in [-0.15, -0.1) is 0 Å². The van der Waals surface area contributed by atoms with Gasteiger partial charge in [0.15, 0.2) is 0 Å². The number of halogens is 1. The Hall–Kier alpha value is -1.64. The zero-order chi connectivity index (χ0) is 23.3. The van der Waals surface area contributed by atoms with E-state index in [4.69, 9.17) is 0 Å². The third-order valence-electron chi connectivity index (χ3n) is 6.04. The van der Waals surface area contributed by atoms with Crippen molar-refractivity contribution >= 4 is 31.9 Å². The van der Waals surface area contributed by atoms with Gasteiger partial charge >= 0.3 is 0 Å². The molecule has 2 aromatic rings. The first kappa shape index (κ1) is 25.0. The topological polar surface area (TPSA) is 62.6 Å². The molecule has 0 unspecified atom stereocenters. The molecule has 176 valence electrons. The van der Waals surface area contributed by atoms with Crippen LogP contribution in [0.3, 0.4) is 0 Å². The highest BCUT2D eigenvalue weighted by Gasteiger charge is 2.35. The molecule has 3 rings (SSSR count). The zero-order valence-electron chi connectivity index (χ0n) is 19.2. The SMILES string of the molecule is CC(C)CN(Cc1cccn1C)C(=O)CN(C1CCCCC1)S(=O)(=O)c1ccc(Br)cc1. The normalized spacial score (nSPS) is 15.4.